The van der Waals surface area contributed by atoms with E-state index < -0.39 is 126 Å². The van der Waals surface area contributed by atoms with Crippen molar-refractivity contribution in [2.45, 2.75) is 201 Å². The summed E-state index contributed by atoms with van der Waals surface area (Å²) in [4.78, 5) is 232. The number of likely N-dealkylation sites (N-methyl/N-ethyl adjacent to an activating group) is 1. The lowest BCUT2D eigenvalue weighted by Crippen LogP contribution is -2.61. The monoisotopic (exact) mass is 1830 g/mol. The number of Topliss-reactive ketones (excluding diaryl/α,β-unsaturated/α-hetero) is 3. The molecule has 3 aliphatic rings. The maximum Gasteiger partial charge on any atom is 0.322 e. The normalized spacial score (nSPS) is 15.0. The lowest BCUT2D eigenvalue weighted by molar-refractivity contribution is -0.143. The van der Waals surface area contributed by atoms with Crippen molar-refractivity contribution in [2.75, 3.05) is 94.0 Å². The highest BCUT2D eigenvalue weighted by atomic mass is 16.5. The van der Waals surface area contributed by atoms with Crippen LogP contribution in [0.25, 0.3) is 0 Å². The molecule has 0 radical (unpaired) electrons. The third-order valence-electron chi connectivity index (χ3n) is 19.8. The Balaban J connectivity index is 0.000000384. The van der Waals surface area contributed by atoms with Crippen molar-refractivity contribution in [2.24, 2.45) is 17.4 Å². The molecule has 3 aliphatic heterocycles. The Morgan fingerprint density at radius 2 is 0.878 bits per heavy atom. The van der Waals surface area contributed by atoms with Crippen LogP contribution >= 0.6 is 0 Å². The van der Waals surface area contributed by atoms with Gasteiger partial charge in [-0.2, -0.15) is 0 Å². The molecule has 18 N–H and O–H groups in total. The summed E-state index contributed by atoms with van der Waals surface area (Å²) < 4.78 is 24.9. The number of carbonyl (C=O) groups is 18. The van der Waals surface area contributed by atoms with E-state index in [4.69, 9.17) is 35.2 Å². The van der Waals surface area contributed by atoms with Crippen molar-refractivity contribution in [3.05, 3.63) is 138 Å². The molecule has 43 heteroatoms. The number of anilines is 4. The zero-order valence-electron chi connectivity index (χ0n) is 75.0. The number of ketones is 3. The number of aromatic amines is 1. The number of urea groups is 3. The van der Waals surface area contributed by atoms with Crippen LogP contribution in [0.15, 0.2) is 110 Å². The number of amides is 14. The molecule has 14 amide bonds. The third kappa shape index (κ3) is 40.3. The summed E-state index contributed by atoms with van der Waals surface area (Å²) in [6, 6.07) is 16.6. The largest absolute Gasteiger partial charge is 0.461 e. The molecule has 0 bridgehead atoms. The Morgan fingerprint density at radius 3 is 1.27 bits per heavy atom. The Kier molecular flexibility index (Phi) is 47.2. The zero-order valence-corrected chi connectivity index (χ0v) is 75.0. The predicted octanol–water partition coefficient (Wildman–Crippen LogP) is 2.06. The summed E-state index contributed by atoms with van der Waals surface area (Å²) in [6.07, 6.45) is 5.86. The second kappa shape index (κ2) is 57.3. The molecule has 714 valence electrons. The van der Waals surface area contributed by atoms with Gasteiger partial charge < -0.3 is 124 Å². The first-order valence-electron chi connectivity index (χ1n) is 42.6. The number of aromatic nitrogens is 2. The van der Waals surface area contributed by atoms with E-state index in [9.17, 15) is 96.5 Å². The van der Waals surface area contributed by atoms with Crippen LogP contribution in [0.4, 0.5) is 37.1 Å². The first-order valence-corrected chi connectivity index (χ1v) is 42.6. The minimum Gasteiger partial charge on any atom is -0.461 e. The Bertz CT molecular complexity index is 4630. The third-order valence-corrected chi connectivity index (χ3v) is 19.8. The van der Waals surface area contributed by atoms with Crippen LogP contribution in [-0.2, 0) is 128 Å². The summed E-state index contributed by atoms with van der Waals surface area (Å²) >= 11 is 0. The highest BCUT2D eigenvalue weighted by Crippen LogP contribution is 2.24. The molecular weight excluding hydrogens is 1710 g/mol. The van der Waals surface area contributed by atoms with Gasteiger partial charge in [0.05, 0.1) is 45.3 Å². The van der Waals surface area contributed by atoms with Gasteiger partial charge in [0.15, 0.2) is 5.78 Å². The number of morpholine rings is 1. The number of H-pyrrole nitrogens is 1. The number of unbranched alkanes of at least 4 members (excludes halogenated alkanes) is 1. The molecule has 1 unspecified atom stereocenters. The van der Waals surface area contributed by atoms with E-state index in [0.717, 1.165) is 35.2 Å². The molecule has 3 saturated heterocycles. The van der Waals surface area contributed by atoms with E-state index in [2.05, 4.69) is 68.5 Å². The number of hydrogen-bond donors (Lipinski definition) is 16. The molecule has 0 aliphatic carbocycles. The van der Waals surface area contributed by atoms with Crippen LogP contribution in [-0.4, -0.2) is 263 Å². The SMILES string of the molecule is CC(=O)Nc1ccc(COC(C)=O)cc1.CC(=O)OCc1ccc(NC(=O)C(CCC(N)=O)NC(=O)[C@H](CC(C)C)NC(=O)[C@H](CCCCN)NC(=O)[C@H](CO)NC(=O)[C@H](CO)NC(=O)[C@H](Cc2cnc[nH]2)NC(=O)N2CCOCC2)cc1.CC(=O)OCc1ccc(NC(=O)N2CCC[C@H]2C(C)=O)cc1.CNCC(=O)C(=O)[C@@H]1CCCN1C(=O)Nc1ccc(COC(C)=O)cc1. The molecule has 8 atom stereocenters. The van der Waals surface area contributed by atoms with E-state index >= 15 is 0 Å². The molecule has 43 nitrogen and oxygen atoms in total. The highest BCUT2D eigenvalue weighted by Gasteiger charge is 2.39. The Hall–Kier alpha value is -13.7. The van der Waals surface area contributed by atoms with Gasteiger partial charge in [0.2, 0.25) is 58.8 Å². The number of aliphatic hydroxyl groups excluding tert-OH is 2. The average molecular weight is 1830 g/mol. The number of likely N-dealkylation sites (tertiary alicyclic amines) is 2. The number of nitrogens with one attached hydrogen (secondary N) is 12. The van der Waals surface area contributed by atoms with Gasteiger partial charge in [-0.05, 0) is 155 Å². The van der Waals surface area contributed by atoms with Crippen molar-refractivity contribution >= 4 is 129 Å². The Morgan fingerprint density at radius 1 is 0.481 bits per heavy atom. The van der Waals surface area contributed by atoms with Crippen molar-refractivity contribution in [1.29, 1.82) is 0 Å². The van der Waals surface area contributed by atoms with E-state index in [1.807, 2.05) is 0 Å². The average Bonchev–Trinajstić information content (AvgIpc) is 1.72. The number of primary amides is 1. The summed E-state index contributed by atoms with van der Waals surface area (Å²) in [7, 11) is 1.59. The minimum absolute atomic E-state index is 0.00338. The number of aliphatic hydroxyl groups is 2. The van der Waals surface area contributed by atoms with Crippen LogP contribution in [0, 0.1) is 5.92 Å². The zero-order chi connectivity index (χ0) is 96.7. The maximum atomic E-state index is 13.9. The second-order valence-electron chi connectivity index (χ2n) is 31.0. The van der Waals surface area contributed by atoms with Crippen molar-refractivity contribution < 1.29 is 120 Å². The molecule has 5 aromatic rings. The second-order valence-corrected chi connectivity index (χ2v) is 31.0. The van der Waals surface area contributed by atoms with Gasteiger partial charge in [-0.1, -0.05) is 62.4 Å². The van der Waals surface area contributed by atoms with Gasteiger partial charge in [-0.15, -0.1) is 0 Å². The van der Waals surface area contributed by atoms with Gasteiger partial charge in [0.1, 0.15) is 68.7 Å². The fourth-order valence-corrected chi connectivity index (χ4v) is 13.1. The number of carbonyl (C=O) groups excluding carboxylic acids is 18. The van der Waals surface area contributed by atoms with Gasteiger partial charge in [0, 0.05) is 108 Å². The van der Waals surface area contributed by atoms with Crippen LogP contribution in [0.5, 0.6) is 0 Å². The summed E-state index contributed by atoms with van der Waals surface area (Å²) in [6.45, 7) is 13.0. The Labute approximate surface area is 757 Å². The minimum atomic E-state index is -1.70. The molecule has 0 saturated carbocycles. The van der Waals surface area contributed by atoms with Gasteiger partial charge in [-0.3, -0.25) is 71.9 Å². The maximum absolute atomic E-state index is 13.9. The summed E-state index contributed by atoms with van der Waals surface area (Å²) in [5.74, 6) is -8.81. The van der Waals surface area contributed by atoms with E-state index in [0.29, 0.717) is 80.3 Å². The van der Waals surface area contributed by atoms with Crippen LogP contribution in [0.3, 0.4) is 0 Å². The number of imidazole rings is 1. The summed E-state index contributed by atoms with van der Waals surface area (Å²) in [5, 5.41) is 48.9. The van der Waals surface area contributed by atoms with Crippen molar-refractivity contribution in [1.82, 2.24) is 61.9 Å². The lowest BCUT2D eigenvalue weighted by Gasteiger charge is -2.29. The quantitative estimate of drug-likeness (QED) is 0.0115. The lowest BCUT2D eigenvalue weighted by atomic mass is 10.0. The van der Waals surface area contributed by atoms with Gasteiger partial charge >= 0.3 is 42.0 Å². The molecule has 8 rings (SSSR count). The number of esters is 4. The standard InChI is InChI=1S/C43H66N12O13.C18H23N3O5.C16H20N2O4.C11H13NO3/c1-25(2)18-32(39(62)50-31(11-12-36(45)59)37(60)48-28-9-7-27(8-10-28)23-68-26(3)58)51-38(61)30(6-4-5-13-44)49-41(64)34(21-56)53-42(65)35(22-57)52-40(63)33(19-29-20-46-24-47-29)54-43(66)55-14-16-67-17-15-55;1-12(22)26-11-13-5-7-14(8-6-13)20-18(25)21-9-3-4-15(21)17(24)16(23)10-19-2;1-11(19)15-4-3-9-18(15)16(21)17-14-7-5-13(6-8-14)10-22-12(2)20;1-8(13)12-11-5-3-10(4-6-11)7-15-9(2)14/h7-10,20,24-25,30-35,56-57H,4-6,11-19,21-23,44H2,1-3H3,(H2,45,59)(H,46,47)(H,48,60)(H,49,64)(H,50,62)(H,51,61)(H,52,63)(H,53,65)(H,54,66);5-8,15,19H,3-4,9-11H2,1-2H3,(H,20,25);5-8,15H,3-4,9-10H2,1-2H3,(H,17,21);3-6H,7H2,1-2H3,(H,12,13)/t30-,31?,32-,33-,34-,35-;2*15-;/m000./s1. The fourth-order valence-electron chi connectivity index (χ4n) is 13.1. The van der Waals surface area contributed by atoms with Crippen molar-refractivity contribution in [3.8, 4) is 0 Å². The fraction of sp³-hybridized carbons (Fsp3) is 0.489. The van der Waals surface area contributed by atoms with Crippen LogP contribution in [0.2, 0.25) is 0 Å². The smallest absolute Gasteiger partial charge is 0.322 e. The number of rotatable bonds is 42. The summed E-state index contributed by atoms with van der Waals surface area (Å²) in [5.41, 5.74) is 17.0. The molecule has 0 spiro atoms. The highest BCUT2D eigenvalue weighted by molar-refractivity contribution is 6.40. The first kappa shape index (κ1) is 108. The number of nitrogens with zero attached hydrogens (tertiary/aromatic N) is 4. The predicted molar refractivity (Wildman–Crippen MR) is 474 cm³/mol. The molecule has 4 heterocycles. The number of nitrogens with two attached hydrogens (primary N) is 2. The molecular formula is C88H122N18O25. The van der Waals surface area contributed by atoms with Gasteiger partial charge in [-0.25, -0.2) is 19.4 Å². The van der Waals surface area contributed by atoms with Crippen LogP contribution in [0.1, 0.15) is 148 Å². The number of ether oxygens (including phenoxy) is 5. The van der Waals surface area contributed by atoms with E-state index in [1.165, 1.54) is 63.9 Å². The number of benzene rings is 4. The molecule has 1 aromatic heterocycles. The van der Waals surface area contributed by atoms with E-state index in [1.54, 1.807) is 123 Å². The first-order chi connectivity index (χ1) is 62.4. The molecule has 4 aromatic carbocycles. The number of hydrogen-bond acceptors (Lipinski definition) is 28. The van der Waals surface area contributed by atoms with Gasteiger partial charge in [0.25, 0.3) is 0 Å². The molecule has 3 fully saturated rings. The topological polar surface area (TPSA) is 617 Å². The van der Waals surface area contributed by atoms with E-state index in [-0.39, 0.29) is 132 Å². The van der Waals surface area contributed by atoms with Crippen LogP contribution < -0.4 is 70.0 Å². The molecule has 131 heavy (non-hydrogen) atoms. The van der Waals surface area contributed by atoms with Crippen molar-refractivity contribution in [3.63, 3.8) is 0 Å².